The number of anilines is 1. The van der Waals surface area contributed by atoms with Gasteiger partial charge in [0.1, 0.15) is 5.01 Å². The van der Waals surface area contributed by atoms with Gasteiger partial charge >= 0.3 is 0 Å². The third kappa shape index (κ3) is 2.84. The summed E-state index contributed by atoms with van der Waals surface area (Å²) in [6.07, 6.45) is 2.53. The molecule has 1 aromatic carbocycles. The number of benzene rings is 1. The first-order valence-electron chi connectivity index (χ1n) is 5.54. The van der Waals surface area contributed by atoms with Gasteiger partial charge in [0, 0.05) is 49.4 Å². The lowest BCUT2D eigenvalue weighted by atomic mass is 10.2. The molecule has 90 valence electrons. The van der Waals surface area contributed by atoms with Crippen molar-refractivity contribution in [3.05, 3.63) is 35.3 Å². The summed E-state index contributed by atoms with van der Waals surface area (Å²) in [6.45, 7) is 0.182. The van der Waals surface area contributed by atoms with Crippen LogP contribution in [0.2, 0.25) is 0 Å². The average Bonchev–Trinajstić information content (AvgIpc) is 2.78. The van der Waals surface area contributed by atoms with Gasteiger partial charge in [0.25, 0.3) is 0 Å². The van der Waals surface area contributed by atoms with Gasteiger partial charge in [0.15, 0.2) is 0 Å². The van der Waals surface area contributed by atoms with E-state index >= 15 is 0 Å². The molecule has 2 aromatic rings. The normalized spacial score (nSPS) is 10.5. The predicted molar refractivity (Wildman–Crippen MR) is 72.7 cm³/mol. The van der Waals surface area contributed by atoms with E-state index in [1.165, 1.54) is 5.69 Å². The van der Waals surface area contributed by atoms with E-state index in [0.29, 0.717) is 6.42 Å². The first kappa shape index (κ1) is 12.1. The lowest BCUT2D eigenvalue weighted by Crippen LogP contribution is -2.07. The molecule has 0 amide bonds. The summed E-state index contributed by atoms with van der Waals surface area (Å²) in [5, 5.41) is 9.88. The molecule has 0 radical (unpaired) electrons. The Balaban J connectivity index is 2.21. The summed E-state index contributed by atoms with van der Waals surface area (Å²) in [6, 6.07) is 8.33. The molecule has 0 bridgehead atoms. The predicted octanol–water partition coefficient (Wildman–Crippen LogP) is 2.41. The monoisotopic (exact) mass is 248 g/mol. The number of thiazole rings is 1. The Bertz CT molecular complexity index is 476. The molecule has 0 aliphatic carbocycles. The van der Waals surface area contributed by atoms with Gasteiger partial charge in [-0.25, -0.2) is 4.98 Å². The van der Waals surface area contributed by atoms with Crippen molar-refractivity contribution >= 4 is 17.0 Å². The lowest BCUT2D eigenvalue weighted by Gasteiger charge is -2.11. The van der Waals surface area contributed by atoms with E-state index < -0.39 is 0 Å². The Morgan fingerprint density at radius 3 is 2.53 bits per heavy atom. The van der Waals surface area contributed by atoms with E-state index in [1.807, 2.05) is 20.3 Å². The molecule has 0 fully saturated rings. The second-order valence-corrected chi connectivity index (χ2v) is 5.16. The fourth-order valence-electron chi connectivity index (χ4n) is 1.57. The second kappa shape index (κ2) is 5.29. The first-order valence-corrected chi connectivity index (χ1v) is 6.35. The minimum atomic E-state index is 0.182. The highest BCUT2D eigenvalue weighted by Gasteiger charge is 2.04. The maximum atomic E-state index is 8.87. The smallest absolute Gasteiger partial charge is 0.123 e. The Hall–Kier alpha value is -1.39. The number of rotatable bonds is 4. The van der Waals surface area contributed by atoms with Crippen LogP contribution in [0.1, 0.15) is 4.88 Å². The van der Waals surface area contributed by atoms with Crippen LogP contribution in [-0.2, 0) is 6.42 Å². The fourth-order valence-corrected chi connectivity index (χ4v) is 2.48. The SMILES string of the molecule is CN(C)c1ccc(-c2ncc(CCO)s2)cc1. The number of aliphatic hydroxyl groups is 1. The Kier molecular flexibility index (Phi) is 3.76. The fraction of sp³-hybridized carbons (Fsp3) is 0.308. The third-order valence-corrected chi connectivity index (χ3v) is 3.65. The van der Waals surface area contributed by atoms with Crippen LogP contribution in [0.4, 0.5) is 5.69 Å². The topological polar surface area (TPSA) is 36.4 Å². The standard InChI is InChI=1S/C13H16N2OS/c1-15(2)11-5-3-10(4-6-11)13-14-9-12(17-13)7-8-16/h3-6,9,16H,7-8H2,1-2H3. The molecule has 1 N–H and O–H groups in total. The molecule has 1 heterocycles. The van der Waals surface area contributed by atoms with E-state index in [1.54, 1.807) is 11.3 Å². The van der Waals surface area contributed by atoms with Gasteiger partial charge in [-0.05, 0) is 24.3 Å². The van der Waals surface area contributed by atoms with Crippen LogP contribution in [0.5, 0.6) is 0 Å². The molecule has 17 heavy (non-hydrogen) atoms. The zero-order chi connectivity index (χ0) is 12.3. The molecule has 0 saturated carbocycles. The number of nitrogens with zero attached hydrogens (tertiary/aromatic N) is 2. The van der Waals surface area contributed by atoms with Crippen LogP contribution in [0, 0.1) is 0 Å². The number of hydrogen-bond acceptors (Lipinski definition) is 4. The van der Waals surface area contributed by atoms with Crippen LogP contribution in [0.25, 0.3) is 10.6 Å². The summed E-state index contributed by atoms with van der Waals surface area (Å²) in [4.78, 5) is 7.57. The largest absolute Gasteiger partial charge is 0.396 e. The van der Waals surface area contributed by atoms with Gasteiger partial charge in [0.2, 0.25) is 0 Å². The summed E-state index contributed by atoms with van der Waals surface area (Å²) in [5.74, 6) is 0. The van der Waals surface area contributed by atoms with E-state index in [0.717, 1.165) is 15.4 Å². The highest BCUT2D eigenvalue weighted by molar-refractivity contribution is 7.15. The zero-order valence-electron chi connectivity index (χ0n) is 10.1. The third-order valence-electron chi connectivity index (χ3n) is 2.54. The van der Waals surface area contributed by atoms with Gasteiger partial charge < -0.3 is 10.0 Å². The van der Waals surface area contributed by atoms with Crippen LogP contribution in [0.3, 0.4) is 0 Å². The van der Waals surface area contributed by atoms with Crippen molar-refractivity contribution in [2.75, 3.05) is 25.6 Å². The van der Waals surface area contributed by atoms with Gasteiger partial charge in [-0.3, -0.25) is 0 Å². The average molecular weight is 248 g/mol. The molecule has 2 rings (SSSR count). The highest BCUT2D eigenvalue weighted by Crippen LogP contribution is 2.26. The maximum Gasteiger partial charge on any atom is 0.123 e. The van der Waals surface area contributed by atoms with Crippen LogP contribution in [-0.4, -0.2) is 30.8 Å². The van der Waals surface area contributed by atoms with Crippen molar-refractivity contribution in [3.63, 3.8) is 0 Å². The number of hydrogen-bond donors (Lipinski definition) is 1. The molecule has 0 aliphatic rings. The van der Waals surface area contributed by atoms with Crippen LogP contribution in [0.15, 0.2) is 30.5 Å². The second-order valence-electron chi connectivity index (χ2n) is 4.05. The molecule has 0 aliphatic heterocycles. The zero-order valence-corrected chi connectivity index (χ0v) is 10.9. The Labute approximate surface area is 105 Å². The minimum Gasteiger partial charge on any atom is -0.396 e. The van der Waals surface area contributed by atoms with Crippen molar-refractivity contribution in [1.82, 2.24) is 4.98 Å². The lowest BCUT2D eigenvalue weighted by molar-refractivity contribution is 0.300. The van der Waals surface area contributed by atoms with Crippen molar-refractivity contribution in [2.45, 2.75) is 6.42 Å². The summed E-state index contributed by atoms with van der Waals surface area (Å²) < 4.78 is 0. The van der Waals surface area contributed by atoms with Crippen molar-refractivity contribution in [3.8, 4) is 10.6 Å². The number of aromatic nitrogens is 1. The van der Waals surface area contributed by atoms with E-state index in [9.17, 15) is 0 Å². The summed E-state index contributed by atoms with van der Waals surface area (Å²) >= 11 is 1.64. The van der Waals surface area contributed by atoms with E-state index in [4.69, 9.17) is 5.11 Å². The van der Waals surface area contributed by atoms with Crippen molar-refractivity contribution in [2.24, 2.45) is 0 Å². The molecule has 0 saturated heterocycles. The quantitative estimate of drug-likeness (QED) is 0.902. The van der Waals surface area contributed by atoms with Gasteiger partial charge in [-0.2, -0.15) is 0 Å². The van der Waals surface area contributed by atoms with Gasteiger partial charge in [0.05, 0.1) is 0 Å². The molecule has 4 heteroatoms. The molecule has 1 aromatic heterocycles. The van der Waals surface area contributed by atoms with E-state index in [2.05, 4.69) is 34.1 Å². The minimum absolute atomic E-state index is 0.182. The summed E-state index contributed by atoms with van der Waals surface area (Å²) in [5.41, 5.74) is 2.31. The Morgan fingerprint density at radius 1 is 1.24 bits per heavy atom. The van der Waals surface area contributed by atoms with Gasteiger partial charge in [-0.1, -0.05) is 0 Å². The summed E-state index contributed by atoms with van der Waals surface area (Å²) in [7, 11) is 4.05. The first-order chi connectivity index (χ1) is 8.20. The molecule has 0 unspecified atom stereocenters. The van der Waals surface area contributed by atoms with E-state index in [-0.39, 0.29) is 6.61 Å². The molecule has 0 atom stereocenters. The number of aliphatic hydroxyl groups excluding tert-OH is 1. The van der Waals surface area contributed by atoms with Gasteiger partial charge in [-0.15, -0.1) is 11.3 Å². The Morgan fingerprint density at radius 2 is 1.94 bits per heavy atom. The van der Waals surface area contributed by atoms with Crippen LogP contribution < -0.4 is 4.90 Å². The molecular formula is C13H16N2OS. The maximum absolute atomic E-state index is 8.87. The molecule has 3 nitrogen and oxygen atoms in total. The molecule has 0 spiro atoms. The molecular weight excluding hydrogens is 232 g/mol. The van der Waals surface area contributed by atoms with Crippen molar-refractivity contribution < 1.29 is 5.11 Å². The van der Waals surface area contributed by atoms with Crippen molar-refractivity contribution in [1.29, 1.82) is 0 Å². The highest BCUT2D eigenvalue weighted by atomic mass is 32.1. The van der Waals surface area contributed by atoms with Crippen LogP contribution >= 0.6 is 11.3 Å².